The van der Waals surface area contributed by atoms with Crippen molar-refractivity contribution in [3.63, 3.8) is 0 Å². The molecule has 2 heterocycles. The van der Waals surface area contributed by atoms with Gasteiger partial charge in [0.1, 0.15) is 12.1 Å². The Kier molecular flexibility index (Phi) is 3.49. The van der Waals surface area contributed by atoms with Crippen molar-refractivity contribution in [3.8, 4) is 0 Å². The summed E-state index contributed by atoms with van der Waals surface area (Å²) in [6.07, 6.45) is 3.91. The van der Waals surface area contributed by atoms with Crippen molar-refractivity contribution < 1.29 is 4.90 Å². The molecule has 1 unspecified atom stereocenters. The summed E-state index contributed by atoms with van der Waals surface area (Å²) in [6.45, 7) is 7.02. The van der Waals surface area contributed by atoms with E-state index in [1.807, 2.05) is 0 Å². The van der Waals surface area contributed by atoms with Crippen molar-refractivity contribution >= 4 is 10.9 Å². The van der Waals surface area contributed by atoms with Gasteiger partial charge in [-0.1, -0.05) is 42.0 Å². The zero-order valence-corrected chi connectivity index (χ0v) is 15.3. The summed E-state index contributed by atoms with van der Waals surface area (Å²) in [5, 5.41) is 1.52. The Balaban J connectivity index is 1.63. The molecule has 2 aromatic carbocycles. The summed E-state index contributed by atoms with van der Waals surface area (Å²) in [5.41, 5.74) is 7.62. The van der Waals surface area contributed by atoms with E-state index in [1.54, 1.807) is 16.2 Å². The maximum atomic E-state index is 2.65. The molecule has 0 saturated carbocycles. The number of aryl methyl sites for hydroxylation is 2. The zero-order valence-electron chi connectivity index (χ0n) is 15.3. The number of benzene rings is 2. The van der Waals surface area contributed by atoms with Crippen molar-refractivity contribution in [1.82, 2.24) is 4.57 Å². The van der Waals surface area contributed by atoms with Crippen molar-refractivity contribution in [2.24, 2.45) is 0 Å². The molecule has 0 saturated heterocycles. The van der Waals surface area contributed by atoms with Crippen LogP contribution in [0, 0.1) is 6.92 Å². The Morgan fingerprint density at radius 3 is 2.80 bits per heavy atom. The Morgan fingerprint density at radius 1 is 1.12 bits per heavy atom. The molecule has 0 amide bonds. The van der Waals surface area contributed by atoms with Gasteiger partial charge in [-0.3, -0.25) is 0 Å². The summed E-state index contributed by atoms with van der Waals surface area (Å²) in [5.74, 6) is 0. The molecule has 0 fully saturated rings. The molecule has 1 aliphatic heterocycles. The smallest absolute Gasteiger partial charge is 0.129 e. The maximum Gasteiger partial charge on any atom is 0.129 e. The van der Waals surface area contributed by atoms with Gasteiger partial charge in [0.15, 0.2) is 0 Å². The average Bonchev–Trinajstić information content (AvgIpc) is 2.97. The fourth-order valence-corrected chi connectivity index (χ4v) is 5.33. The predicted molar refractivity (Wildman–Crippen MR) is 103 cm³/mol. The van der Waals surface area contributed by atoms with Crippen LogP contribution in [-0.4, -0.2) is 11.1 Å². The van der Waals surface area contributed by atoms with Gasteiger partial charge >= 0.3 is 0 Å². The van der Waals surface area contributed by atoms with Gasteiger partial charge in [0.2, 0.25) is 0 Å². The molecule has 3 aromatic rings. The molecule has 0 bridgehead atoms. The largest absolute Gasteiger partial charge is 0.334 e. The molecule has 2 nitrogen and oxygen atoms in total. The summed E-state index contributed by atoms with van der Waals surface area (Å²) >= 11 is 0. The van der Waals surface area contributed by atoms with Crippen LogP contribution in [0.2, 0.25) is 0 Å². The van der Waals surface area contributed by atoms with Crippen LogP contribution in [0.4, 0.5) is 0 Å². The minimum Gasteiger partial charge on any atom is -0.334 e. The highest BCUT2D eigenvalue weighted by atomic mass is 15.3. The highest BCUT2D eigenvalue weighted by Crippen LogP contribution is 2.38. The number of hydrogen-bond acceptors (Lipinski definition) is 0. The Morgan fingerprint density at radius 2 is 1.96 bits per heavy atom. The quantitative estimate of drug-likeness (QED) is 0.727. The zero-order chi connectivity index (χ0) is 17.0. The first-order valence-corrected chi connectivity index (χ1v) is 9.76. The lowest BCUT2D eigenvalue weighted by Gasteiger charge is -2.40. The van der Waals surface area contributed by atoms with Crippen LogP contribution in [0.1, 0.15) is 54.2 Å². The number of hydrogen-bond donors (Lipinski definition) is 1. The monoisotopic (exact) mass is 331 g/mol. The van der Waals surface area contributed by atoms with Crippen LogP contribution in [0.25, 0.3) is 10.9 Å². The number of fused-ring (bicyclic) bond motifs is 3. The van der Waals surface area contributed by atoms with E-state index in [2.05, 4.69) is 66.9 Å². The fourth-order valence-electron chi connectivity index (χ4n) is 5.33. The lowest BCUT2D eigenvalue weighted by molar-refractivity contribution is -0.965. The molecule has 0 radical (unpaired) electrons. The first kappa shape index (κ1) is 15.2. The second kappa shape index (κ2) is 5.74. The summed E-state index contributed by atoms with van der Waals surface area (Å²) in [4.78, 5) is 1.76. The topological polar surface area (TPSA) is 9.37 Å². The average molecular weight is 331 g/mol. The lowest BCUT2D eigenvalue weighted by atomic mass is 9.88. The molecule has 128 valence electrons. The minimum absolute atomic E-state index is 0.561. The second-order valence-corrected chi connectivity index (χ2v) is 7.94. The first-order chi connectivity index (χ1) is 12.2. The van der Waals surface area contributed by atoms with Crippen molar-refractivity contribution in [1.29, 1.82) is 0 Å². The third-order valence-corrected chi connectivity index (χ3v) is 6.55. The maximum absolute atomic E-state index is 2.65. The Hall–Kier alpha value is -2.06. The summed E-state index contributed by atoms with van der Waals surface area (Å²) < 4.78 is 2.65. The van der Waals surface area contributed by atoms with E-state index < -0.39 is 0 Å². The van der Waals surface area contributed by atoms with Crippen LogP contribution in [0.5, 0.6) is 0 Å². The van der Waals surface area contributed by atoms with Crippen molar-refractivity contribution in [2.75, 3.05) is 6.54 Å². The molecule has 1 aliphatic carbocycles. The van der Waals surface area contributed by atoms with Gasteiger partial charge in [0, 0.05) is 22.9 Å². The van der Waals surface area contributed by atoms with E-state index in [0.717, 1.165) is 6.54 Å². The molecule has 1 aromatic heterocycles. The van der Waals surface area contributed by atoms with Gasteiger partial charge < -0.3 is 9.47 Å². The number of rotatable bonds is 2. The van der Waals surface area contributed by atoms with Gasteiger partial charge in [0.25, 0.3) is 0 Å². The molecule has 1 N–H and O–H groups in total. The summed E-state index contributed by atoms with van der Waals surface area (Å²) in [7, 11) is 0. The first-order valence-electron chi connectivity index (χ1n) is 9.76. The number of nitrogens with one attached hydrogen (secondary N) is 1. The van der Waals surface area contributed by atoms with Gasteiger partial charge in [-0.05, 0) is 44.4 Å². The highest BCUT2D eigenvalue weighted by Gasteiger charge is 2.40. The molecular formula is C23H27N2+. The Bertz CT molecular complexity index is 922. The van der Waals surface area contributed by atoms with Gasteiger partial charge in [-0.25, -0.2) is 0 Å². The van der Waals surface area contributed by atoms with Gasteiger partial charge in [-0.2, -0.15) is 0 Å². The van der Waals surface area contributed by atoms with E-state index in [1.165, 1.54) is 47.8 Å². The normalized spacial score (nSPS) is 23.4. The third kappa shape index (κ3) is 2.27. The lowest BCUT2D eigenvalue weighted by Crippen LogP contribution is -3.13. The predicted octanol–water partition coefficient (Wildman–Crippen LogP) is 3.99. The van der Waals surface area contributed by atoms with Crippen molar-refractivity contribution in [2.45, 2.75) is 51.7 Å². The van der Waals surface area contributed by atoms with Crippen LogP contribution in [-0.2, 0) is 13.0 Å². The summed E-state index contributed by atoms with van der Waals surface area (Å²) in [6, 6.07) is 19.3. The number of quaternary nitrogens is 1. The van der Waals surface area contributed by atoms with E-state index >= 15 is 0 Å². The SMILES string of the molecule is Cc1ccc2c(c1)c1c3n2CC[NH+]([C@@H](C)c2ccccc2)[C@@H]3CCC1. The Labute approximate surface area is 150 Å². The van der Waals surface area contributed by atoms with Gasteiger partial charge in [-0.15, -0.1) is 0 Å². The van der Waals surface area contributed by atoms with E-state index in [9.17, 15) is 0 Å². The number of aromatic nitrogens is 1. The third-order valence-electron chi connectivity index (χ3n) is 6.55. The van der Waals surface area contributed by atoms with Crippen LogP contribution < -0.4 is 4.90 Å². The molecule has 5 rings (SSSR count). The van der Waals surface area contributed by atoms with Crippen LogP contribution in [0.15, 0.2) is 48.5 Å². The highest BCUT2D eigenvalue weighted by molar-refractivity contribution is 5.86. The van der Waals surface area contributed by atoms with Gasteiger partial charge in [0.05, 0.1) is 18.8 Å². The second-order valence-electron chi connectivity index (χ2n) is 7.94. The van der Waals surface area contributed by atoms with Crippen LogP contribution in [0.3, 0.4) is 0 Å². The molecule has 2 aliphatic rings. The molecule has 3 atom stereocenters. The minimum atomic E-state index is 0.561. The standard InChI is InChI=1S/C23H26N2/c1-16-11-12-21-20(15-16)19-9-6-10-22-23(19)25(21)14-13-24(22)17(2)18-7-4-3-5-8-18/h3-5,7-8,11-12,15,17,22H,6,9-10,13-14H2,1-2H3/p+1/t17-,22+/m0/s1. The fraction of sp³-hybridized carbons (Fsp3) is 0.391. The van der Waals surface area contributed by atoms with E-state index in [0.29, 0.717) is 12.1 Å². The molecule has 0 spiro atoms. The van der Waals surface area contributed by atoms with E-state index in [4.69, 9.17) is 0 Å². The molecule has 25 heavy (non-hydrogen) atoms. The molecular weight excluding hydrogens is 304 g/mol. The molecule has 2 heteroatoms. The van der Waals surface area contributed by atoms with Crippen LogP contribution >= 0.6 is 0 Å². The van der Waals surface area contributed by atoms with E-state index in [-0.39, 0.29) is 0 Å². The van der Waals surface area contributed by atoms with Crippen molar-refractivity contribution in [3.05, 3.63) is 70.9 Å². The number of nitrogens with zero attached hydrogens (tertiary/aromatic N) is 1.